The second kappa shape index (κ2) is 12.0. The first-order valence-electron chi connectivity index (χ1n) is 12.8. The van der Waals surface area contributed by atoms with Gasteiger partial charge in [0, 0.05) is 34.6 Å². The van der Waals surface area contributed by atoms with Gasteiger partial charge in [-0.15, -0.1) is 0 Å². The van der Waals surface area contributed by atoms with Crippen molar-refractivity contribution in [2.24, 2.45) is 5.73 Å². The molecule has 6 N–H and O–H groups in total. The van der Waals surface area contributed by atoms with Crippen molar-refractivity contribution in [1.82, 2.24) is 9.97 Å². The number of imidazole rings is 1. The van der Waals surface area contributed by atoms with Crippen LogP contribution in [0.4, 0.5) is 10.1 Å². The average Bonchev–Trinajstić information content (AvgIpc) is 3.39. The number of amidine groups is 1. The van der Waals surface area contributed by atoms with E-state index in [2.05, 4.69) is 10.3 Å². The van der Waals surface area contributed by atoms with Gasteiger partial charge in [-0.05, 0) is 63.6 Å². The van der Waals surface area contributed by atoms with E-state index in [0.717, 1.165) is 11.1 Å². The number of nitrogens with two attached hydrogens (primary N) is 1. The summed E-state index contributed by atoms with van der Waals surface area (Å²) in [5, 5.41) is 21.3. The number of hydrogen-bond donors (Lipinski definition) is 5. The van der Waals surface area contributed by atoms with E-state index in [-0.39, 0.29) is 23.3 Å². The van der Waals surface area contributed by atoms with Gasteiger partial charge in [0.15, 0.2) is 11.6 Å². The summed E-state index contributed by atoms with van der Waals surface area (Å²) in [6.07, 6.45) is 0.799. The highest BCUT2D eigenvalue weighted by atomic mass is 19.1. The van der Waals surface area contributed by atoms with Gasteiger partial charge >= 0.3 is 0 Å². The van der Waals surface area contributed by atoms with E-state index in [9.17, 15) is 5.11 Å². The Labute approximate surface area is 227 Å². The molecule has 0 saturated heterocycles. The van der Waals surface area contributed by atoms with Crippen molar-refractivity contribution in [2.45, 2.75) is 45.9 Å². The topological polar surface area (TPSA) is 129 Å². The Kier molecular flexibility index (Phi) is 8.51. The van der Waals surface area contributed by atoms with Crippen LogP contribution in [0.5, 0.6) is 11.5 Å². The SMILES string of the molecule is CCOc1cc(OC(C)C)c(F)c(C(Nc2ccc(C(=N)N)cc2)c2nc(-c3ccccc3C(C)O)c[nH]2)c1. The highest BCUT2D eigenvalue weighted by Gasteiger charge is 2.26. The molecule has 1 heterocycles. The van der Waals surface area contributed by atoms with Crippen LogP contribution in [-0.2, 0) is 0 Å². The molecule has 0 aliphatic rings. The number of benzene rings is 3. The van der Waals surface area contributed by atoms with Gasteiger partial charge in [0.05, 0.1) is 24.5 Å². The van der Waals surface area contributed by atoms with Crippen molar-refractivity contribution >= 4 is 11.5 Å². The Bertz CT molecular complexity index is 1430. The van der Waals surface area contributed by atoms with Crippen molar-refractivity contribution in [2.75, 3.05) is 11.9 Å². The van der Waals surface area contributed by atoms with E-state index < -0.39 is 18.0 Å². The number of ether oxygens (including phenoxy) is 2. The molecule has 0 amide bonds. The molecular formula is C30H34FN5O3. The molecule has 0 aliphatic heterocycles. The van der Waals surface area contributed by atoms with Crippen LogP contribution in [0.25, 0.3) is 11.3 Å². The minimum absolute atomic E-state index is 0.0449. The third-order valence-electron chi connectivity index (χ3n) is 6.09. The van der Waals surface area contributed by atoms with Crippen LogP contribution in [0.15, 0.2) is 66.9 Å². The van der Waals surface area contributed by atoms with E-state index in [4.69, 9.17) is 25.6 Å². The Morgan fingerprint density at radius 2 is 1.82 bits per heavy atom. The minimum Gasteiger partial charge on any atom is -0.494 e. The summed E-state index contributed by atoms with van der Waals surface area (Å²) < 4.78 is 27.6. The van der Waals surface area contributed by atoms with Gasteiger partial charge in [-0.2, -0.15) is 0 Å². The highest BCUT2D eigenvalue weighted by molar-refractivity contribution is 5.95. The zero-order chi connectivity index (χ0) is 28.1. The van der Waals surface area contributed by atoms with E-state index in [0.29, 0.717) is 35.1 Å². The summed E-state index contributed by atoms with van der Waals surface area (Å²) in [5.41, 5.74) is 9.24. The molecule has 0 aliphatic carbocycles. The monoisotopic (exact) mass is 531 g/mol. The number of rotatable bonds is 11. The molecule has 0 spiro atoms. The molecule has 39 heavy (non-hydrogen) atoms. The quantitative estimate of drug-likeness (QED) is 0.120. The van der Waals surface area contributed by atoms with Gasteiger partial charge in [0.1, 0.15) is 23.5 Å². The van der Waals surface area contributed by atoms with Crippen LogP contribution in [0.3, 0.4) is 0 Å². The van der Waals surface area contributed by atoms with Gasteiger partial charge in [-0.1, -0.05) is 24.3 Å². The lowest BCUT2D eigenvalue weighted by Gasteiger charge is -2.22. The molecule has 1 aromatic heterocycles. The van der Waals surface area contributed by atoms with Crippen molar-refractivity contribution in [3.63, 3.8) is 0 Å². The molecule has 2 atom stereocenters. The second-order valence-corrected chi connectivity index (χ2v) is 9.43. The third-order valence-corrected chi connectivity index (χ3v) is 6.09. The van der Waals surface area contributed by atoms with E-state index in [1.165, 1.54) is 0 Å². The first-order valence-corrected chi connectivity index (χ1v) is 12.8. The van der Waals surface area contributed by atoms with Crippen LogP contribution in [0, 0.1) is 11.2 Å². The van der Waals surface area contributed by atoms with E-state index in [1.54, 1.807) is 49.5 Å². The molecule has 0 bridgehead atoms. The van der Waals surface area contributed by atoms with Crippen molar-refractivity contribution in [1.29, 1.82) is 5.41 Å². The molecule has 8 nitrogen and oxygen atoms in total. The number of nitrogens with zero attached hydrogens (tertiary/aromatic N) is 1. The summed E-state index contributed by atoms with van der Waals surface area (Å²) in [7, 11) is 0. The number of nitrogen functional groups attached to an aromatic ring is 1. The Morgan fingerprint density at radius 3 is 2.46 bits per heavy atom. The molecule has 4 aromatic rings. The standard InChI is InChI=1S/C30H34FN5O3/c1-5-38-21-14-24(27(31)26(15-21)39-17(2)3)28(35-20-12-10-19(11-13-20)29(32)33)30-34-16-25(36-30)23-9-7-6-8-22(23)18(4)37/h6-18,28,35,37H,5H2,1-4H3,(H3,32,33)(H,34,36). The van der Waals surface area contributed by atoms with Crippen LogP contribution in [0.1, 0.15) is 62.4 Å². The fourth-order valence-electron chi connectivity index (χ4n) is 4.32. The number of hydrogen-bond acceptors (Lipinski definition) is 6. The molecule has 204 valence electrons. The first kappa shape index (κ1) is 27.7. The van der Waals surface area contributed by atoms with Crippen molar-refractivity contribution in [3.05, 3.63) is 95.2 Å². The largest absolute Gasteiger partial charge is 0.494 e. The van der Waals surface area contributed by atoms with Gasteiger partial charge in [0.25, 0.3) is 0 Å². The lowest BCUT2D eigenvalue weighted by Crippen LogP contribution is -2.18. The maximum absolute atomic E-state index is 16.0. The van der Waals surface area contributed by atoms with Crippen molar-refractivity contribution < 1.29 is 19.0 Å². The van der Waals surface area contributed by atoms with Crippen molar-refractivity contribution in [3.8, 4) is 22.8 Å². The third kappa shape index (κ3) is 6.38. The van der Waals surface area contributed by atoms with E-state index in [1.807, 2.05) is 45.0 Å². The van der Waals surface area contributed by atoms with Crippen LogP contribution >= 0.6 is 0 Å². The molecule has 9 heteroatoms. The fraction of sp³-hybridized carbons (Fsp3) is 0.267. The maximum Gasteiger partial charge on any atom is 0.171 e. The maximum atomic E-state index is 16.0. The molecule has 0 fully saturated rings. The predicted octanol–water partition coefficient (Wildman–Crippen LogP) is 5.94. The smallest absolute Gasteiger partial charge is 0.171 e. The minimum atomic E-state index is -0.768. The number of halogens is 1. The first-order chi connectivity index (χ1) is 18.7. The number of aliphatic hydroxyl groups excluding tert-OH is 1. The predicted molar refractivity (Wildman–Crippen MR) is 151 cm³/mol. The second-order valence-electron chi connectivity index (χ2n) is 9.43. The highest BCUT2D eigenvalue weighted by Crippen LogP contribution is 2.37. The summed E-state index contributed by atoms with van der Waals surface area (Å²) in [5.74, 6) is 0.415. The zero-order valence-corrected chi connectivity index (χ0v) is 22.5. The van der Waals surface area contributed by atoms with Gasteiger partial charge in [-0.3, -0.25) is 5.41 Å². The molecular weight excluding hydrogens is 497 g/mol. The summed E-state index contributed by atoms with van der Waals surface area (Å²) >= 11 is 0. The van der Waals surface area contributed by atoms with Gasteiger partial charge in [0.2, 0.25) is 0 Å². The van der Waals surface area contributed by atoms with E-state index >= 15 is 4.39 Å². The number of aliphatic hydroxyl groups is 1. The molecule has 2 unspecified atom stereocenters. The fourth-order valence-corrected chi connectivity index (χ4v) is 4.32. The number of nitrogens with one attached hydrogen (secondary N) is 3. The molecule has 4 rings (SSSR count). The normalized spacial score (nSPS) is 12.7. The lowest BCUT2D eigenvalue weighted by molar-refractivity contribution is 0.200. The number of aromatic amines is 1. The van der Waals surface area contributed by atoms with Crippen LogP contribution in [0.2, 0.25) is 0 Å². The number of anilines is 1. The number of H-pyrrole nitrogens is 1. The number of aromatic nitrogens is 2. The Balaban J connectivity index is 1.84. The molecule has 0 radical (unpaired) electrons. The van der Waals surface area contributed by atoms with Crippen LogP contribution < -0.4 is 20.5 Å². The molecule has 0 saturated carbocycles. The zero-order valence-electron chi connectivity index (χ0n) is 22.5. The lowest BCUT2D eigenvalue weighted by atomic mass is 10.0. The Hall–Kier alpha value is -4.37. The van der Waals surface area contributed by atoms with Gasteiger partial charge < -0.3 is 30.6 Å². The summed E-state index contributed by atoms with van der Waals surface area (Å²) in [6, 6.07) is 16.9. The Morgan fingerprint density at radius 1 is 1.10 bits per heavy atom. The average molecular weight is 532 g/mol. The summed E-state index contributed by atoms with van der Waals surface area (Å²) in [6.45, 7) is 7.62. The molecule has 3 aromatic carbocycles. The summed E-state index contributed by atoms with van der Waals surface area (Å²) in [4.78, 5) is 8.02. The van der Waals surface area contributed by atoms with Crippen LogP contribution in [-0.4, -0.2) is 33.6 Å². The van der Waals surface area contributed by atoms with Gasteiger partial charge in [-0.25, -0.2) is 9.37 Å².